The van der Waals surface area contributed by atoms with Crippen molar-refractivity contribution < 1.29 is 8.83 Å². The molecule has 300 valence electrons. The second-order valence-corrected chi connectivity index (χ2v) is 18.6. The highest BCUT2D eigenvalue weighted by atomic mass is 32.1. The molecule has 13 aromatic rings. The van der Waals surface area contributed by atoms with Crippen molar-refractivity contribution >= 4 is 105 Å². The standard InChI is InChI=1S/C60H34BNO2S/c1-5-13-51-41(9-1)46-30-36(38-20-26-57-48(32-38)42-10-2-6-14-55(42)63-57)18-24-53(46)62-54-25-19-37(39-21-27-58-49(33-39)43-11-3-7-15-56(43)64-58)31-47(54)45-29-35(17-23-52(45)61(51)62)40-22-28-60-50(34-40)44-12-4-8-16-59(44)65-60/h1-34H. The number of thiophene rings is 1. The molecule has 3 nitrogen and oxygen atoms in total. The first-order valence-electron chi connectivity index (χ1n) is 22.2. The molecule has 5 heteroatoms. The summed E-state index contributed by atoms with van der Waals surface area (Å²) in [5, 5.41) is 7.17. The minimum atomic E-state index is -0.0162. The topological polar surface area (TPSA) is 29.5 Å². The van der Waals surface area contributed by atoms with Gasteiger partial charge in [-0.15, -0.1) is 11.3 Å². The molecule has 0 spiro atoms. The van der Waals surface area contributed by atoms with Crippen LogP contribution in [0.2, 0.25) is 0 Å². The van der Waals surface area contributed by atoms with Gasteiger partial charge in [-0.05, 0) is 140 Å². The summed E-state index contributed by atoms with van der Waals surface area (Å²) < 4.78 is 15.1. The lowest BCUT2D eigenvalue weighted by atomic mass is 9.43. The molecular weight excluding hydrogens is 810 g/mol. The van der Waals surface area contributed by atoms with Gasteiger partial charge in [0.05, 0.1) is 0 Å². The summed E-state index contributed by atoms with van der Waals surface area (Å²) in [5.41, 5.74) is 20.8. The lowest BCUT2D eigenvalue weighted by molar-refractivity contribution is 0.668. The largest absolute Gasteiger partial charge is 0.456 e. The van der Waals surface area contributed by atoms with E-state index < -0.39 is 0 Å². The van der Waals surface area contributed by atoms with E-state index in [1.165, 1.54) is 92.5 Å². The molecule has 0 radical (unpaired) electrons. The molecule has 0 amide bonds. The van der Waals surface area contributed by atoms with Gasteiger partial charge in [0, 0.05) is 64.2 Å². The Morgan fingerprint density at radius 2 is 0.754 bits per heavy atom. The van der Waals surface area contributed by atoms with Crippen LogP contribution < -0.4 is 15.7 Å². The first-order valence-corrected chi connectivity index (χ1v) is 23.1. The zero-order valence-electron chi connectivity index (χ0n) is 34.9. The normalized spacial score (nSPS) is 12.9. The Hall–Kier alpha value is -8.12. The fraction of sp³-hybridized carbons (Fsp3) is 0. The van der Waals surface area contributed by atoms with Crippen LogP contribution in [0.25, 0.3) is 120 Å². The number of hydrogen-bond acceptors (Lipinski definition) is 4. The molecule has 2 aliphatic rings. The molecule has 0 saturated heterocycles. The maximum absolute atomic E-state index is 6.26. The van der Waals surface area contributed by atoms with Crippen LogP contribution in [0, 0.1) is 0 Å². The van der Waals surface area contributed by atoms with E-state index in [4.69, 9.17) is 8.83 Å². The molecule has 0 atom stereocenters. The van der Waals surface area contributed by atoms with Crippen molar-refractivity contribution in [3.05, 3.63) is 206 Å². The van der Waals surface area contributed by atoms with Gasteiger partial charge in [0.1, 0.15) is 22.3 Å². The molecule has 0 N–H and O–H groups in total. The van der Waals surface area contributed by atoms with E-state index >= 15 is 0 Å². The third kappa shape index (κ3) is 5.13. The summed E-state index contributed by atoms with van der Waals surface area (Å²) in [7, 11) is 0. The smallest absolute Gasteiger partial charge is 0.329 e. The van der Waals surface area contributed by atoms with Gasteiger partial charge in [-0.2, -0.15) is 0 Å². The third-order valence-electron chi connectivity index (χ3n) is 14.1. The number of para-hydroxylation sites is 2. The summed E-state index contributed by atoms with van der Waals surface area (Å²) in [6.07, 6.45) is 0. The number of anilines is 2. The van der Waals surface area contributed by atoms with Gasteiger partial charge in [-0.3, -0.25) is 0 Å². The number of furan rings is 2. The molecule has 0 unspecified atom stereocenters. The van der Waals surface area contributed by atoms with E-state index in [0.29, 0.717) is 0 Å². The fourth-order valence-electron chi connectivity index (χ4n) is 11.0. The number of hydrogen-bond donors (Lipinski definition) is 0. The maximum Gasteiger partial charge on any atom is 0.329 e. The minimum absolute atomic E-state index is 0.0162. The van der Waals surface area contributed by atoms with Crippen LogP contribution in [0.3, 0.4) is 0 Å². The van der Waals surface area contributed by atoms with Crippen molar-refractivity contribution in [3.63, 3.8) is 0 Å². The summed E-state index contributed by atoms with van der Waals surface area (Å²) in [6.45, 7) is -0.0162. The molecule has 5 heterocycles. The van der Waals surface area contributed by atoms with Gasteiger partial charge < -0.3 is 13.6 Å². The van der Waals surface area contributed by atoms with Gasteiger partial charge >= 0.3 is 6.85 Å². The molecule has 10 aromatic carbocycles. The van der Waals surface area contributed by atoms with Crippen LogP contribution in [0.5, 0.6) is 0 Å². The molecule has 2 aliphatic heterocycles. The van der Waals surface area contributed by atoms with Crippen LogP contribution in [0.15, 0.2) is 215 Å². The average Bonchev–Trinajstić information content (AvgIpc) is 4.06. The van der Waals surface area contributed by atoms with Gasteiger partial charge in [-0.25, -0.2) is 0 Å². The van der Waals surface area contributed by atoms with Crippen molar-refractivity contribution in [2.24, 2.45) is 0 Å². The van der Waals surface area contributed by atoms with Crippen LogP contribution in [0.1, 0.15) is 0 Å². The first-order chi connectivity index (χ1) is 32.2. The van der Waals surface area contributed by atoms with Crippen LogP contribution in [-0.4, -0.2) is 6.85 Å². The molecule has 0 saturated carbocycles. The molecule has 0 aliphatic carbocycles. The van der Waals surface area contributed by atoms with E-state index in [0.717, 1.165) is 49.4 Å². The third-order valence-corrected chi connectivity index (χ3v) is 15.2. The molecule has 65 heavy (non-hydrogen) atoms. The van der Waals surface area contributed by atoms with Crippen LogP contribution in [-0.2, 0) is 0 Å². The highest BCUT2D eigenvalue weighted by molar-refractivity contribution is 7.25. The van der Waals surface area contributed by atoms with E-state index in [9.17, 15) is 0 Å². The van der Waals surface area contributed by atoms with Crippen molar-refractivity contribution in [1.29, 1.82) is 0 Å². The van der Waals surface area contributed by atoms with Crippen LogP contribution >= 0.6 is 11.3 Å². The number of rotatable bonds is 3. The maximum atomic E-state index is 6.26. The Labute approximate surface area is 378 Å². The van der Waals surface area contributed by atoms with E-state index in [-0.39, 0.29) is 6.85 Å². The summed E-state index contributed by atoms with van der Waals surface area (Å²) in [6, 6.07) is 76.0. The minimum Gasteiger partial charge on any atom is -0.456 e. The monoisotopic (exact) mass is 843 g/mol. The highest BCUT2D eigenvalue weighted by Crippen LogP contribution is 2.49. The van der Waals surface area contributed by atoms with Crippen molar-refractivity contribution in [2.75, 3.05) is 4.81 Å². The zero-order valence-corrected chi connectivity index (χ0v) is 35.7. The Bertz CT molecular complexity index is 4170. The molecule has 15 rings (SSSR count). The second-order valence-electron chi connectivity index (χ2n) is 17.6. The van der Waals surface area contributed by atoms with E-state index in [1.807, 2.05) is 29.5 Å². The zero-order chi connectivity index (χ0) is 42.3. The number of nitrogens with zero attached hydrogens (tertiary/aromatic N) is 1. The van der Waals surface area contributed by atoms with Crippen molar-refractivity contribution in [2.45, 2.75) is 0 Å². The van der Waals surface area contributed by atoms with E-state index in [1.54, 1.807) is 0 Å². The summed E-state index contributed by atoms with van der Waals surface area (Å²) >= 11 is 1.87. The Morgan fingerprint density at radius 1 is 0.308 bits per heavy atom. The predicted molar refractivity (Wildman–Crippen MR) is 275 cm³/mol. The van der Waals surface area contributed by atoms with Crippen LogP contribution in [0.4, 0.5) is 11.4 Å². The van der Waals surface area contributed by atoms with Crippen molar-refractivity contribution in [1.82, 2.24) is 0 Å². The van der Waals surface area contributed by atoms with Gasteiger partial charge in [0.2, 0.25) is 0 Å². The quantitative estimate of drug-likeness (QED) is 0.166. The molecule has 3 aromatic heterocycles. The Kier molecular flexibility index (Phi) is 7.19. The molecule has 0 bridgehead atoms. The van der Waals surface area contributed by atoms with E-state index in [2.05, 4.69) is 193 Å². The second kappa shape index (κ2) is 13.2. The van der Waals surface area contributed by atoms with Crippen molar-refractivity contribution in [3.8, 4) is 55.6 Å². The lowest BCUT2D eigenvalue weighted by Crippen LogP contribution is -2.59. The molecular formula is C60H34BNO2S. The predicted octanol–water partition coefficient (Wildman–Crippen LogP) is 15.8. The molecule has 0 fully saturated rings. The highest BCUT2D eigenvalue weighted by Gasteiger charge is 2.42. The fourth-order valence-corrected chi connectivity index (χ4v) is 12.1. The number of fused-ring (bicyclic) bond motifs is 20. The summed E-state index contributed by atoms with van der Waals surface area (Å²) in [4.78, 5) is 2.60. The summed E-state index contributed by atoms with van der Waals surface area (Å²) in [5.74, 6) is 0. The first kappa shape index (κ1) is 35.4. The Balaban J connectivity index is 0.934. The number of benzene rings is 10. The van der Waals surface area contributed by atoms with Gasteiger partial charge in [0.25, 0.3) is 0 Å². The lowest BCUT2D eigenvalue weighted by Gasteiger charge is -2.43. The SMILES string of the molecule is c1ccc2c(c1)B1c3ccc(-c4ccc5sc6ccccc6c5c4)cc3-c3cc(-c4ccc5oc6ccccc6c5c4)ccc3N1c1ccc(-c3ccc4oc5ccccc5c4c3)cc1-2. The van der Waals surface area contributed by atoms with Gasteiger partial charge in [-0.1, -0.05) is 121 Å². The van der Waals surface area contributed by atoms with Gasteiger partial charge in [0.15, 0.2) is 0 Å². The average molecular weight is 844 g/mol. The Morgan fingerprint density at radius 3 is 1.43 bits per heavy atom.